The smallest absolute Gasteiger partial charge is 0.192 e. The Morgan fingerprint density at radius 1 is 1.54 bits per heavy atom. The number of hydrogen-bond donors (Lipinski definition) is 2. The Bertz CT molecular complexity index is 336. The Morgan fingerprint density at radius 2 is 2.15 bits per heavy atom. The first-order chi connectivity index (χ1) is 6.02. The van der Waals surface area contributed by atoms with E-state index in [-0.39, 0.29) is 5.96 Å². The molecule has 0 fully saturated rings. The van der Waals surface area contributed by atoms with Crippen molar-refractivity contribution in [3.8, 4) is 0 Å². The van der Waals surface area contributed by atoms with Gasteiger partial charge in [-0.15, -0.1) is 0 Å². The Labute approximate surface area is 82.6 Å². The average molecular weight is 198 g/mol. The monoisotopic (exact) mass is 197 g/mol. The van der Waals surface area contributed by atoms with Gasteiger partial charge in [-0.1, -0.05) is 17.7 Å². The van der Waals surface area contributed by atoms with Gasteiger partial charge in [0, 0.05) is 7.05 Å². The summed E-state index contributed by atoms with van der Waals surface area (Å²) in [6.45, 7) is 1.96. The molecule has 0 aliphatic rings. The molecule has 0 saturated heterocycles. The second-order valence-corrected chi connectivity index (χ2v) is 3.31. The van der Waals surface area contributed by atoms with Gasteiger partial charge in [-0.25, -0.2) is 0 Å². The lowest BCUT2D eigenvalue weighted by molar-refractivity contribution is 1.19. The molecule has 0 radical (unpaired) electrons. The molecule has 0 bridgehead atoms. The molecule has 0 aromatic heterocycles. The number of halogens is 1. The van der Waals surface area contributed by atoms with E-state index in [9.17, 15) is 0 Å². The lowest BCUT2D eigenvalue weighted by Crippen LogP contribution is -2.32. The maximum absolute atomic E-state index is 7.23. The predicted octanol–water partition coefficient (Wildman–Crippen LogP) is 1.98. The van der Waals surface area contributed by atoms with E-state index in [1.54, 1.807) is 7.05 Å². The summed E-state index contributed by atoms with van der Waals surface area (Å²) in [7, 11) is 1.71. The van der Waals surface area contributed by atoms with E-state index < -0.39 is 0 Å². The van der Waals surface area contributed by atoms with Gasteiger partial charge in [0.1, 0.15) is 0 Å². The molecular weight excluding hydrogens is 186 g/mol. The van der Waals surface area contributed by atoms with E-state index in [1.165, 1.54) is 4.90 Å². The van der Waals surface area contributed by atoms with Crippen LogP contribution in [0.3, 0.4) is 0 Å². The van der Waals surface area contributed by atoms with Crippen molar-refractivity contribution in [3.05, 3.63) is 28.8 Å². The number of anilines is 1. The Hall–Kier alpha value is -1.22. The summed E-state index contributed by atoms with van der Waals surface area (Å²) >= 11 is 5.97. The SMILES string of the molecule is Cc1ccc(N(C)C(=N)N)c(Cl)c1. The van der Waals surface area contributed by atoms with Crippen molar-refractivity contribution in [1.82, 2.24) is 0 Å². The fourth-order valence-corrected chi connectivity index (χ4v) is 1.38. The lowest BCUT2D eigenvalue weighted by atomic mass is 10.2. The summed E-state index contributed by atoms with van der Waals surface area (Å²) in [5, 5.41) is 7.84. The highest BCUT2D eigenvalue weighted by molar-refractivity contribution is 6.33. The van der Waals surface area contributed by atoms with Gasteiger partial charge in [0.25, 0.3) is 0 Å². The third-order valence-electron chi connectivity index (χ3n) is 1.83. The van der Waals surface area contributed by atoms with Crippen molar-refractivity contribution < 1.29 is 0 Å². The number of hydrogen-bond acceptors (Lipinski definition) is 1. The molecule has 3 N–H and O–H groups in total. The Kier molecular flexibility index (Phi) is 2.78. The third-order valence-corrected chi connectivity index (χ3v) is 2.13. The third kappa shape index (κ3) is 2.12. The van der Waals surface area contributed by atoms with E-state index in [4.69, 9.17) is 22.7 Å². The minimum Gasteiger partial charge on any atom is -0.370 e. The molecule has 0 atom stereocenters. The summed E-state index contributed by atoms with van der Waals surface area (Å²) in [6, 6.07) is 5.62. The standard InChI is InChI=1S/C9H12ClN3/c1-6-3-4-8(7(10)5-6)13(2)9(11)12/h3-5H,1-2H3,(H3,11,12). The van der Waals surface area contributed by atoms with Gasteiger partial charge in [0.2, 0.25) is 0 Å². The highest BCUT2D eigenvalue weighted by atomic mass is 35.5. The second-order valence-electron chi connectivity index (χ2n) is 2.90. The molecule has 0 amide bonds. The summed E-state index contributed by atoms with van der Waals surface area (Å²) < 4.78 is 0. The summed E-state index contributed by atoms with van der Waals surface area (Å²) in [5.41, 5.74) is 7.16. The number of nitrogens with two attached hydrogens (primary N) is 1. The van der Waals surface area contributed by atoms with E-state index in [1.807, 2.05) is 25.1 Å². The largest absolute Gasteiger partial charge is 0.370 e. The molecule has 3 nitrogen and oxygen atoms in total. The maximum atomic E-state index is 7.23. The number of nitrogens with one attached hydrogen (secondary N) is 1. The van der Waals surface area contributed by atoms with Gasteiger partial charge in [-0.2, -0.15) is 0 Å². The van der Waals surface area contributed by atoms with Crippen LogP contribution in [0.2, 0.25) is 5.02 Å². The zero-order valence-electron chi connectivity index (χ0n) is 7.63. The second kappa shape index (κ2) is 3.66. The van der Waals surface area contributed by atoms with E-state index in [0.29, 0.717) is 5.02 Å². The van der Waals surface area contributed by atoms with E-state index in [2.05, 4.69) is 0 Å². The van der Waals surface area contributed by atoms with Crippen LogP contribution in [0.15, 0.2) is 18.2 Å². The summed E-state index contributed by atoms with van der Waals surface area (Å²) in [5.74, 6) is -0.0225. The highest BCUT2D eigenvalue weighted by Crippen LogP contribution is 2.25. The van der Waals surface area contributed by atoms with Crippen LogP contribution < -0.4 is 10.6 Å². The molecule has 1 aromatic rings. The topological polar surface area (TPSA) is 53.1 Å². The number of rotatable bonds is 1. The first-order valence-corrected chi connectivity index (χ1v) is 4.24. The molecule has 0 unspecified atom stereocenters. The zero-order valence-corrected chi connectivity index (χ0v) is 8.39. The first kappa shape index (κ1) is 9.86. The van der Waals surface area contributed by atoms with Crippen molar-refractivity contribution in [3.63, 3.8) is 0 Å². The highest BCUT2D eigenvalue weighted by Gasteiger charge is 2.07. The summed E-state index contributed by atoms with van der Waals surface area (Å²) in [4.78, 5) is 1.53. The van der Waals surface area contributed by atoms with Crippen LogP contribution in [0.1, 0.15) is 5.56 Å². The molecule has 70 valence electrons. The number of aryl methyl sites for hydroxylation is 1. The van der Waals surface area contributed by atoms with Gasteiger partial charge < -0.3 is 10.6 Å². The number of nitrogens with zero attached hydrogens (tertiary/aromatic N) is 1. The predicted molar refractivity (Wildman–Crippen MR) is 56.5 cm³/mol. The van der Waals surface area contributed by atoms with Crippen molar-refractivity contribution >= 4 is 23.2 Å². The van der Waals surface area contributed by atoms with Crippen LogP contribution in [0.4, 0.5) is 5.69 Å². The molecular formula is C9H12ClN3. The normalized spacial score (nSPS) is 9.77. The molecule has 4 heteroatoms. The van der Waals surface area contributed by atoms with Crippen molar-refractivity contribution in [2.45, 2.75) is 6.92 Å². The van der Waals surface area contributed by atoms with Crippen LogP contribution in [0.25, 0.3) is 0 Å². The van der Waals surface area contributed by atoms with Crippen LogP contribution in [-0.4, -0.2) is 13.0 Å². The van der Waals surface area contributed by atoms with E-state index >= 15 is 0 Å². The number of benzene rings is 1. The van der Waals surface area contributed by atoms with Crippen molar-refractivity contribution in [2.75, 3.05) is 11.9 Å². The number of guanidine groups is 1. The minimum atomic E-state index is -0.0225. The quantitative estimate of drug-likeness (QED) is 0.534. The van der Waals surface area contributed by atoms with E-state index in [0.717, 1.165) is 11.3 Å². The summed E-state index contributed by atoms with van der Waals surface area (Å²) in [6.07, 6.45) is 0. The van der Waals surface area contributed by atoms with Crippen molar-refractivity contribution in [1.29, 1.82) is 5.41 Å². The molecule has 0 aliphatic carbocycles. The molecule has 13 heavy (non-hydrogen) atoms. The maximum Gasteiger partial charge on any atom is 0.192 e. The lowest BCUT2D eigenvalue weighted by Gasteiger charge is -2.18. The molecule has 1 rings (SSSR count). The van der Waals surface area contributed by atoms with Gasteiger partial charge in [-0.05, 0) is 24.6 Å². The van der Waals surface area contributed by atoms with Crippen LogP contribution in [0, 0.1) is 12.3 Å². The van der Waals surface area contributed by atoms with Gasteiger partial charge >= 0.3 is 0 Å². The molecule has 1 aromatic carbocycles. The van der Waals surface area contributed by atoms with Gasteiger partial charge in [-0.3, -0.25) is 5.41 Å². The van der Waals surface area contributed by atoms with Crippen LogP contribution in [-0.2, 0) is 0 Å². The zero-order chi connectivity index (χ0) is 10.0. The fraction of sp³-hybridized carbons (Fsp3) is 0.222. The van der Waals surface area contributed by atoms with Crippen LogP contribution in [0.5, 0.6) is 0 Å². The minimum absolute atomic E-state index is 0.0225. The fourth-order valence-electron chi connectivity index (χ4n) is 1.01. The molecule has 0 saturated carbocycles. The molecule has 0 aliphatic heterocycles. The van der Waals surface area contributed by atoms with Gasteiger partial charge in [0.15, 0.2) is 5.96 Å². The Morgan fingerprint density at radius 3 is 2.62 bits per heavy atom. The van der Waals surface area contributed by atoms with Crippen LogP contribution >= 0.6 is 11.6 Å². The average Bonchev–Trinajstić information content (AvgIpc) is 2.03. The first-order valence-electron chi connectivity index (χ1n) is 3.86. The van der Waals surface area contributed by atoms with Gasteiger partial charge in [0.05, 0.1) is 10.7 Å². The Balaban J connectivity index is 3.08. The molecule has 0 spiro atoms. The molecule has 0 heterocycles. The van der Waals surface area contributed by atoms with Crippen molar-refractivity contribution in [2.24, 2.45) is 5.73 Å².